The molecule has 1 atom stereocenters. The van der Waals surface area contributed by atoms with Gasteiger partial charge in [0.25, 0.3) is 0 Å². The average molecular weight is 573 g/mol. The van der Waals surface area contributed by atoms with Crippen LogP contribution in [0.1, 0.15) is 36.3 Å². The maximum Gasteiger partial charge on any atom is 0.234 e. The number of nitrogens with one attached hydrogen (secondary N) is 1. The summed E-state index contributed by atoms with van der Waals surface area (Å²) in [5.41, 5.74) is 10.8. The maximum atomic E-state index is 13.3. The van der Waals surface area contributed by atoms with Gasteiger partial charge in [-0.1, -0.05) is 52.9 Å². The molecule has 0 radical (unpaired) electrons. The Labute approximate surface area is 238 Å². The minimum absolute atomic E-state index is 0.0114. The lowest BCUT2D eigenvalue weighted by atomic mass is 9.75. The summed E-state index contributed by atoms with van der Waals surface area (Å²) < 4.78 is 11.2. The number of ketones is 1. The molecule has 40 heavy (non-hydrogen) atoms. The number of nitriles is 1. The summed E-state index contributed by atoms with van der Waals surface area (Å²) >= 11 is 2.50. The molecule has 3 N–H and O–H groups in total. The van der Waals surface area contributed by atoms with E-state index < -0.39 is 5.92 Å². The van der Waals surface area contributed by atoms with Crippen LogP contribution in [0.25, 0.3) is 0 Å². The molecule has 1 unspecified atom stereocenters. The quantitative estimate of drug-likeness (QED) is 0.402. The molecular weight excluding hydrogens is 548 g/mol. The Morgan fingerprint density at radius 1 is 1.23 bits per heavy atom. The number of amides is 1. The fraction of sp³-hybridized carbons (Fsp3) is 0.250. The summed E-state index contributed by atoms with van der Waals surface area (Å²) in [6.07, 6.45) is 1.73. The molecule has 3 aliphatic rings. The van der Waals surface area contributed by atoms with Gasteiger partial charge in [0.15, 0.2) is 21.6 Å². The Balaban J connectivity index is 1.24. The largest absolute Gasteiger partial charge is 0.454 e. The van der Waals surface area contributed by atoms with Gasteiger partial charge in [-0.05, 0) is 37.5 Å². The zero-order chi connectivity index (χ0) is 27.8. The highest BCUT2D eigenvalue weighted by Crippen LogP contribution is 2.47. The maximum absolute atomic E-state index is 13.3. The van der Waals surface area contributed by atoms with Crippen LogP contribution in [0, 0.1) is 18.3 Å². The predicted octanol–water partition coefficient (Wildman–Crippen LogP) is 4.61. The Morgan fingerprint density at radius 2 is 2.08 bits per heavy atom. The van der Waals surface area contributed by atoms with Gasteiger partial charge in [0.1, 0.15) is 5.82 Å². The van der Waals surface area contributed by atoms with Crippen molar-refractivity contribution in [2.24, 2.45) is 5.73 Å². The standard InChI is InChI=1S/C28H24N6O4S2/c1-15-4-2-5-16(10-15)24-18(12-29)26(30)34(19-6-3-7-20(35)25(19)24)27-32-33-28(40-27)39-13-23(36)31-17-8-9-21-22(11-17)38-14-37-21/h2,4-5,8-11,24H,3,6-7,13-14,30H2,1H3,(H,31,36). The number of rotatable bonds is 6. The zero-order valence-electron chi connectivity index (χ0n) is 21.5. The van der Waals surface area contributed by atoms with Gasteiger partial charge in [-0.15, -0.1) is 10.2 Å². The highest BCUT2D eigenvalue weighted by Gasteiger charge is 2.41. The molecule has 0 saturated heterocycles. The Hall–Kier alpha value is -4.34. The number of hydrogen-bond acceptors (Lipinski definition) is 11. The first-order chi connectivity index (χ1) is 19.4. The van der Waals surface area contributed by atoms with E-state index in [1.807, 2.05) is 31.2 Å². The number of carbonyl (C=O) groups excluding carboxylic acids is 2. The molecule has 0 spiro atoms. The van der Waals surface area contributed by atoms with Crippen LogP contribution < -0.4 is 25.4 Å². The van der Waals surface area contributed by atoms with Crippen molar-refractivity contribution >= 4 is 45.6 Å². The number of nitrogens with zero attached hydrogens (tertiary/aromatic N) is 4. The van der Waals surface area contributed by atoms with Crippen LogP contribution in [0.3, 0.4) is 0 Å². The van der Waals surface area contributed by atoms with E-state index in [2.05, 4.69) is 21.6 Å². The minimum Gasteiger partial charge on any atom is -0.454 e. The second-order valence-electron chi connectivity index (χ2n) is 9.49. The molecule has 202 valence electrons. The number of ether oxygens (including phenoxy) is 2. The molecule has 2 aromatic carbocycles. The van der Waals surface area contributed by atoms with E-state index in [-0.39, 0.29) is 30.1 Å². The van der Waals surface area contributed by atoms with Crippen molar-refractivity contribution in [2.45, 2.75) is 36.4 Å². The molecule has 2 aliphatic heterocycles. The van der Waals surface area contributed by atoms with E-state index >= 15 is 0 Å². The number of anilines is 2. The predicted molar refractivity (Wildman–Crippen MR) is 151 cm³/mol. The molecule has 1 amide bonds. The van der Waals surface area contributed by atoms with E-state index in [4.69, 9.17) is 15.2 Å². The van der Waals surface area contributed by atoms with Gasteiger partial charge in [-0.2, -0.15) is 5.26 Å². The van der Waals surface area contributed by atoms with Gasteiger partial charge in [-0.3, -0.25) is 14.5 Å². The average Bonchev–Trinajstić information content (AvgIpc) is 3.61. The number of thioether (sulfide) groups is 1. The number of hydrogen-bond donors (Lipinski definition) is 2. The number of aryl methyl sites for hydroxylation is 1. The fourth-order valence-electron chi connectivity index (χ4n) is 5.14. The first kappa shape index (κ1) is 25.9. The smallest absolute Gasteiger partial charge is 0.234 e. The van der Waals surface area contributed by atoms with Gasteiger partial charge >= 0.3 is 0 Å². The SMILES string of the molecule is Cc1cccc(C2C(C#N)=C(N)N(c3nnc(SCC(=O)Nc4ccc5c(c4)OCO5)s3)C3=C2C(=O)CCC3)c1. The summed E-state index contributed by atoms with van der Waals surface area (Å²) in [5, 5.41) is 22.1. The number of benzene rings is 2. The topological polar surface area (TPSA) is 143 Å². The van der Waals surface area contributed by atoms with E-state index in [0.29, 0.717) is 57.1 Å². The Kier molecular flexibility index (Phi) is 6.91. The summed E-state index contributed by atoms with van der Waals surface area (Å²) in [5.74, 6) is 0.858. The van der Waals surface area contributed by atoms with Crippen molar-refractivity contribution in [1.29, 1.82) is 5.26 Å². The highest BCUT2D eigenvalue weighted by molar-refractivity contribution is 8.01. The summed E-state index contributed by atoms with van der Waals surface area (Å²) in [7, 11) is 0. The van der Waals surface area contributed by atoms with Gasteiger partial charge in [0.05, 0.1) is 23.3 Å². The van der Waals surface area contributed by atoms with E-state index in [0.717, 1.165) is 16.8 Å². The molecule has 3 heterocycles. The third-order valence-corrected chi connectivity index (χ3v) is 8.90. The van der Waals surface area contributed by atoms with E-state index in [1.54, 1.807) is 23.1 Å². The van der Waals surface area contributed by atoms with Gasteiger partial charge in [-0.25, -0.2) is 0 Å². The van der Waals surface area contributed by atoms with Crippen molar-refractivity contribution in [3.8, 4) is 17.6 Å². The monoisotopic (exact) mass is 572 g/mol. The summed E-state index contributed by atoms with van der Waals surface area (Å²) in [6, 6.07) is 15.3. The lowest BCUT2D eigenvalue weighted by Crippen LogP contribution is -2.38. The molecule has 0 bridgehead atoms. The van der Waals surface area contributed by atoms with Crippen LogP contribution in [0.15, 0.2) is 69.5 Å². The molecule has 12 heteroatoms. The first-order valence-electron chi connectivity index (χ1n) is 12.6. The van der Waals surface area contributed by atoms with E-state index in [9.17, 15) is 14.9 Å². The molecule has 6 rings (SSSR count). The first-order valence-corrected chi connectivity index (χ1v) is 14.4. The van der Waals surface area contributed by atoms with Gasteiger partial charge in [0.2, 0.25) is 17.8 Å². The molecule has 3 aromatic rings. The van der Waals surface area contributed by atoms with Crippen molar-refractivity contribution in [3.05, 3.63) is 76.3 Å². The van der Waals surface area contributed by atoms with Gasteiger partial charge < -0.3 is 20.5 Å². The number of carbonyl (C=O) groups is 2. The number of allylic oxidation sites excluding steroid dienone is 3. The van der Waals surface area contributed by atoms with Crippen LogP contribution in [0.5, 0.6) is 11.5 Å². The zero-order valence-corrected chi connectivity index (χ0v) is 23.1. The third kappa shape index (κ3) is 4.78. The van der Waals surface area contributed by atoms with Crippen LogP contribution >= 0.6 is 23.1 Å². The summed E-state index contributed by atoms with van der Waals surface area (Å²) in [4.78, 5) is 27.6. The Morgan fingerprint density at radius 3 is 2.90 bits per heavy atom. The fourth-order valence-corrected chi connectivity index (χ4v) is 6.82. The molecule has 1 aromatic heterocycles. The number of fused-ring (bicyclic) bond motifs is 1. The van der Waals surface area contributed by atoms with Gasteiger partial charge in [0, 0.05) is 29.4 Å². The Bertz CT molecular complexity index is 1640. The van der Waals surface area contributed by atoms with Crippen molar-refractivity contribution in [1.82, 2.24) is 10.2 Å². The van der Waals surface area contributed by atoms with E-state index in [1.165, 1.54) is 23.1 Å². The van der Waals surface area contributed by atoms with Crippen molar-refractivity contribution in [3.63, 3.8) is 0 Å². The second kappa shape index (κ2) is 10.7. The third-order valence-electron chi connectivity index (χ3n) is 6.86. The highest BCUT2D eigenvalue weighted by atomic mass is 32.2. The van der Waals surface area contributed by atoms with Crippen LogP contribution in [-0.4, -0.2) is 34.4 Å². The lowest BCUT2D eigenvalue weighted by Gasteiger charge is -2.38. The summed E-state index contributed by atoms with van der Waals surface area (Å²) in [6.45, 7) is 2.14. The second-order valence-corrected chi connectivity index (χ2v) is 11.7. The number of nitrogens with two attached hydrogens (primary N) is 1. The molecule has 1 aliphatic carbocycles. The number of aromatic nitrogens is 2. The number of Topliss-reactive ketones (excluding diaryl/α,β-unsaturated/α-hetero) is 1. The normalized spacial score (nSPS) is 18.1. The molecule has 10 nitrogen and oxygen atoms in total. The molecule has 0 saturated carbocycles. The minimum atomic E-state index is -0.523. The van der Waals surface area contributed by atoms with Crippen LogP contribution in [0.2, 0.25) is 0 Å². The lowest BCUT2D eigenvalue weighted by molar-refractivity contribution is -0.116. The molecular formula is C28H24N6O4S2. The van der Waals surface area contributed by atoms with Crippen molar-refractivity contribution in [2.75, 3.05) is 22.8 Å². The van der Waals surface area contributed by atoms with Crippen molar-refractivity contribution < 1.29 is 19.1 Å². The molecule has 0 fully saturated rings. The van der Waals surface area contributed by atoms with Crippen LogP contribution in [-0.2, 0) is 9.59 Å². The van der Waals surface area contributed by atoms with Crippen LogP contribution in [0.4, 0.5) is 10.8 Å².